The number of carbonyl (C=O) groups is 2. The van der Waals surface area contributed by atoms with E-state index in [1.54, 1.807) is 0 Å². The number of hydrogen-bond acceptors (Lipinski definition) is 4. The molecule has 0 aromatic rings. The number of rotatable bonds is 26. The van der Waals surface area contributed by atoms with Gasteiger partial charge in [-0.1, -0.05) is 123 Å². The van der Waals surface area contributed by atoms with E-state index >= 15 is 0 Å². The van der Waals surface area contributed by atoms with Crippen molar-refractivity contribution in [3.63, 3.8) is 0 Å². The lowest BCUT2D eigenvalue weighted by Gasteiger charge is -2.06. The monoisotopic (exact) mass is 468 g/mol. The van der Waals surface area contributed by atoms with Crippen molar-refractivity contribution in [2.24, 2.45) is 0 Å². The van der Waals surface area contributed by atoms with Crippen LogP contribution in [0.3, 0.4) is 0 Å². The Bertz CT molecular complexity index is 422. The number of esters is 2. The maximum absolute atomic E-state index is 11.8. The summed E-state index contributed by atoms with van der Waals surface area (Å²) >= 11 is 0. The molecule has 0 aliphatic heterocycles. The van der Waals surface area contributed by atoms with Gasteiger partial charge in [-0.3, -0.25) is 9.59 Å². The van der Waals surface area contributed by atoms with Gasteiger partial charge in [0.05, 0.1) is 13.2 Å². The number of carbonyl (C=O) groups excluding carboxylic acids is 2. The first kappa shape index (κ1) is 31.9. The Morgan fingerprint density at radius 3 is 1.06 bits per heavy atom. The molecule has 0 rings (SSSR count). The van der Waals surface area contributed by atoms with Crippen molar-refractivity contribution in [2.75, 3.05) is 13.2 Å². The molecule has 0 N–H and O–H groups in total. The molecule has 0 aromatic carbocycles. The second-order valence-corrected chi connectivity index (χ2v) is 9.66. The molecule has 33 heavy (non-hydrogen) atoms. The fraction of sp³-hybridized carbons (Fsp3) is 0.931. The average Bonchev–Trinajstić information content (AvgIpc) is 2.81. The summed E-state index contributed by atoms with van der Waals surface area (Å²) in [5.41, 5.74) is 0. The summed E-state index contributed by atoms with van der Waals surface area (Å²) in [6, 6.07) is 0. The van der Waals surface area contributed by atoms with E-state index < -0.39 is 0 Å². The van der Waals surface area contributed by atoms with Crippen molar-refractivity contribution in [3.05, 3.63) is 0 Å². The van der Waals surface area contributed by atoms with Gasteiger partial charge in [-0.2, -0.15) is 0 Å². The van der Waals surface area contributed by atoms with Crippen molar-refractivity contribution < 1.29 is 19.1 Å². The van der Waals surface area contributed by atoms with Gasteiger partial charge >= 0.3 is 11.9 Å². The number of hydrogen-bond donors (Lipinski definition) is 0. The van der Waals surface area contributed by atoms with Crippen LogP contribution < -0.4 is 0 Å². The summed E-state index contributed by atoms with van der Waals surface area (Å²) in [5, 5.41) is 0. The third-order valence-corrected chi connectivity index (χ3v) is 6.28. The van der Waals surface area contributed by atoms with E-state index in [0.29, 0.717) is 26.1 Å². The zero-order valence-corrected chi connectivity index (χ0v) is 22.3. The normalized spacial score (nSPS) is 11.0. The van der Waals surface area contributed by atoms with Gasteiger partial charge in [0.25, 0.3) is 0 Å². The van der Waals surface area contributed by atoms with Crippen molar-refractivity contribution in [1.82, 2.24) is 0 Å². The van der Waals surface area contributed by atoms with Gasteiger partial charge in [-0.25, -0.2) is 0 Å². The number of ether oxygens (including phenoxy) is 2. The minimum atomic E-state index is -0.109. The quantitative estimate of drug-likeness (QED) is 0.0938. The molecule has 0 saturated carbocycles. The van der Waals surface area contributed by atoms with Crippen molar-refractivity contribution in [1.29, 1.82) is 0 Å². The van der Waals surface area contributed by atoms with Gasteiger partial charge in [0.2, 0.25) is 0 Å². The van der Waals surface area contributed by atoms with Gasteiger partial charge < -0.3 is 9.47 Å². The molecule has 196 valence electrons. The molecule has 0 aromatic heterocycles. The van der Waals surface area contributed by atoms with E-state index in [1.807, 2.05) is 0 Å². The highest BCUT2D eigenvalue weighted by Crippen LogP contribution is 2.13. The molecule has 0 unspecified atom stereocenters. The second-order valence-electron chi connectivity index (χ2n) is 9.66. The Morgan fingerprint density at radius 2 is 0.667 bits per heavy atom. The minimum Gasteiger partial charge on any atom is -0.466 e. The Labute approximate surface area is 206 Å². The zero-order valence-electron chi connectivity index (χ0n) is 22.3. The summed E-state index contributed by atoms with van der Waals surface area (Å²) in [4.78, 5) is 23.3. The molecular weight excluding hydrogens is 412 g/mol. The minimum absolute atomic E-state index is 0.0949. The van der Waals surface area contributed by atoms with E-state index in [4.69, 9.17) is 9.47 Å². The van der Waals surface area contributed by atoms with Crippen LogP contribution in [0.1, 0.15) is 162 Å². The largest absolute Gasteiger partial charge is 0.466 e. The SMILES string of the molecule is CCCCCCCCCCCCCCCCCOC(=O)CCCCCC(=O)OCCCCC. The molecule has 0 fully saturated rings. The van der Waals surface area contributed by atoms with Gasteiger partial charge in [-0.15, -0.1) is 0 Å². The molecule has 4 heteroatoms. The van der Waals surface area contributed by atoms with Crippen LogP contribution in [-0.2, 0) is 19.1 Å². The summed E-state index contributed by atoms with van der Waals surface area (Å²) in [6.07, 6.45) is 26.7. The van der Waals surface area contributed by atoms with E-state index in [-0.39, 0.29) is 11.9 Å². The van der Waals surface area contributed by atoms with E-state index in [9.17, 15) is 9.59 Å². The van der Waals surface area contributed by atoms with Crippen LogP contribution in [0.25, 0.3) is 0 Å². The molecule has 4 nitrogen and oxygen atoms in total. The molecule has 0 bridgehead atoms. The Balaban J connectivity index is 3.22. The molecule has 0 radical (unpaired) electrons. The standard InChI is InChI=1S/C29H56O4/c1-3-5-7-8-9-10-11-12-13-14-15-16-17-18-23-27-33-29(31)25-21-19-20-24-28(30)32-26-22-6-4-2/h3-27H2,1-2H3. The van der Waals surface area contributed by atoms with Crippen LogP contribution in [0.15, 0.2) is 0 Å². The summed E-state index contributed by atoms with van der Waals surface area (Å²) in [7, 11) is 0. The third-order valence-electron chi connectivity index (χ3n) is 6.28. The summed E-state index contributed by atoms with van der Waals surface area (Å²) in [6.45, 7) is 5.51. The predicted molar refractivity (Wildman–Crippen MR) is 139 cm³/mol. The highest BCUT2D eigenvalue weighted by atomic mass is 16.5. The fourth-order valence-corrected chi connectivity index (χ4v) is 4.06. The molecule has 0 atom stereocenters. The van der Waals surface area contributed by atoms with Crippen molar-refractivity contribution in [2.45, 2.75) is 162 Å². The molecule has 0 aliphatic rings. The third kappa shape index (κ3) is 27.1. The molecular formula is C29H56O4. The van der Waals surface area contributed by atoms with Crippen LogP contribution in [-0.4, -0.2) is 25.2 Å². The topological polar surface area (TPSA) is 52.6 Å². The van der Waals surface area contributed by atoms with Crippen LogP contribution in [0.2, 0.25) is 0 Å². The Morgan fingerprint density at radius 1 is 0.394 bits per heavy atom. The highest BCUT2D eigenvalue weighted by Gasteiger charge is 2.05. The summed E-state index contributed by atoms with van der Waals surface area (Å²) in [5.74, 6) is -0.204. The predicted octanol–water partition coefficient (Wildman–Crippen LogP) is 9.08. The van der Waals surface area contributed by atoms with Crippen LogP contribution in [0, 0.1) is 0 Å². The van der Waals surface area contributed by atoms with Gasteiger partial charge in [-0.05, 0) is 25.7 Å². The Kier molecular flexibility index (Phi) is 26.3. The maximum atomic E-state index is 11.8. The van der Waals surface area contributed by atoms with Crippen molar-refractivity contribution >= 4 is 11.9 Å². The molecule has 0 heterocycles. The lowest BCUT2D eigenvalue weighted by atomic mass is 10.0. The highest BCUT2D eigenvalue weighted by molar-refractivity contribution is 5.69. The van der Waals surface area contributed by atoms with Crippen LogP contribution in [0.4, 0.5) is 0 Å². The second kappa shape index (κ2) is 27.2. The smallest absolute Gasteiger partial charge is 0.305 e. The molecule has 0 amide bonds. The molecule has 0 spiro atoms. The van der Waals surface area contributed by atoms with E-state index in [2.05, 4.69) is 13.8 Å². The van der Waals surface area contributed by atoms with Gasteiger partial charge in [0, 0.05) is 12.8 Å². The summed E-state index contributed by atoms with van der Waals surface area (Å²) < 4.78 is 10.5. The molecule has 0 saturated heterocycles. The molecule has 0 aliphatic carbocycles. The maximum Gasteiger partial charge on any atom is 0.305 e. The zero-order chi connectivity index (χ0) is 24.2. The lowest BCUT2D eigenvalue weighted by molar-refractivity contribution is -0.144. The number of unbranched alkanes of at least 4 members (excludes halogenated alkanes) is 18. The fourth-order valence-electron chi connectivity index (χ4n) is 4.06. The lowest BCUT2D eigenvalue weighted by Crippen LogP contribution is -2.07. The van der Waals surface area contributed by atoms with Gasteiger partial charge in [0.1, 0.15) is 0 Å². The van der Waals surface area contributed by atoms with Crippen molar-refractivity contribution in [3.8, 4) is 0 Å². The first-order valence-electron chi connectivity index (χ1n) is 14.5. The van der Waals surface area contributed by atoms with E-state index in [0.717, 1.165) is 51.4 Å². The van der Waals surface area contributed by atoms with Gasteiger partial charge in [0.15, 0.2) is 0 Å². The first-order valence-corrected chi connectivity index (χ1v) is 14.5. The first-order chi connectivity index (χ1) is 16.2. The van der Waals surface area contributed by atoms with Crippen LogP contribution >= 0.6 is 0 Å². The van der Waals surface area contributed by atoms with E-state index in [1.165, 1.54) is 83.5 Å². The van der Waals surface area contributed by atoms with Crippen LogP contribution in [0.5, 0.6) is 0 Å². The average molecular weight is 469 g/mol. The Hall–Kier alpha value is -1.06.